The zero-order chi connectivity index (χ0) is 20.4. The van der Waals surface area contributed by atoms with Gasteiger partial charge < -0.3 is 9.13 Å². The van der Waals surface area contributed by atoms with Crippen LogP contribution >= 0.6 is 0 Å². The van der Waals surface area contributed by atoms with Crippen molar-refractivity contribution in [3.63, 3.8) is 0 Å². The molecule has 0 fully saturated rings. The number of hydrogen-bond acceptors (Lipinski definition) is 2. The zero-order valence-corrected chi connectivity index (χ0v) is 17.6. The summed E-state index contributed by atoms with van der Waals surface area (Å²) in [7, 11) is 0. The maximum absolute atomic E-state index is 12.9. The number of aromatic nitrogens is 3. The Balaban J connectivity index is 1.84. The van der Waals surface area contributed by atoms with Crippen LogP contribution in [-0.2, 0) is 19.5 Å². The first-order chi connectivity index (χ1) is 14.1. The fraction of sp³-hybridized carbons (Fsp3) is 0.360. The van der Waals surface area contributed by atoms with E-state index in [1.165, 1.54) is 18.4 Å². The smallest absolute Gasteiger partial charge is 0.251 e. The molecule has 0 atom stereocenters. The molecular weight excluding hydrogens is 358 g/mol. The second-order valence-electron chi connectivity index (χ2n) is 7.83. The highest BCUT2D eigenvalue weighted by molar-refractivity contribution is 5.82. The molecule has 0 saturated carbocycles. The third kappa shape index (κ3) is 3.71. The minimum atomic E-state index is 0.0302. The van der Waals surface area contributed by atoms with Crippen molar-refractivity contribution in [2.75, 3.05) is 0 Å². The van der Waals surface area contributed by atoms with Crippen LogP contribution in [0, 0.1) is 6.92 Å². The topological polar surface area (TPSA) is 39.8 Å². The van der Waals surface area contributed by atoms with Crippen molar-refractivity contribution in [3.8, 4) is 0 Å². The van der Waals surface area contributed by atoms with Gasteiger partial charge in [0.2, 0.25) is 0 Å². The van der Waals surface area contributed by atoms with E-state index in [2.05, 4.69) is 42.7 Å². The summed E-state index contributed by atoms with van der Waals surface area (Å²) in [5.41, 5.74) is 5.51. The Labute approximate surface area is 171 Å². The van der Waals surface area contributed by atoms with E-state index < -0.39 is 0 Å². The zero-order valence-electron chi connectivity index (χ0n) is 17.6. The normalized spacial score (nSPS) is 11.6. The minimum Gasteiger partial charge on any atom is -0.326 e. The molecule has 0 spiro atoms. The van der Waals surface area contributed by atoms with Crippen LogP contribution < -0.4 is 5.56 Å². The molecule has 29 heavy (non-hydrogen) atoms. The molecule has 0 radical (unpaired) electrons. The van der Waals surface area contributed by atoms with Gasteiger partial charge in [0.1, 0.15) is 5.82 Å². The third-order valence-electron chi connectivity index (χ3n) is 5.81. The number of imidazole rings is 1. The molecule has 4 rings (SSSR count). The standard InChI is InChI=1S/C25H29N3O/c1-4-6-9-14-27-23-13-12-19(5-2)16-21(23)26-24(27)17-28-22-11-8-7-10-20(22)18(3)15-25(28)29/h7-8,10-13,15-16H,4-6,9,14,17H2,1-3H3. The van der Waals surface area contributed by atoms with Gasteiger partial charge >= 0.3 is 0 Å². The lowest BCUT2D eigenvalue weighted by atomic mass is 10.1. The highest BCUT2D eigenvalue weighted by atomic mass is 16.1. The number of fused-ring (bicyclic) bond motifs is 2. The number of aryl methyl sites for hydroxylation is 3. The molecule has 150 valence electrons. The Bertz CT molecular complexity index is 1220. The van der Waals surface area contributed by atoms with E-state index in [-0.39, 0.29) is 5.56 Å². The number of unbranched alkanes of at least 4 members (excludes halogenated alkanes) is 2. The van der Waals surface area contributed by atoms with E-state index in [1.54, 1.807) is 6.07 Å². The van der Waals surface area contributed by atoms with Crippen molar-refractivity contribution in [2.24, 2.45) is 0 Å². The fourth-order valence-corrected chi connectivity index (χ4v) is 4.14. The average molecular weight is 388 g/mol. The number of nitrogens with zero attached hydrogens (tertiary/aromatic N) is 3. The Morgan fingerprint density at radius 3 is 2.55 bits per heavy atom. The summed E-state index contributed by atoms with van der Waals surface area (Å²) in [5.74, 6) is 0.959. The lowest BCUT2D eigenvalue weighted by molar-refractivity contribution is 0.578. The molecule has 0 bridgehead atoms. The second kappa shape index (κ2) is 8.24. The van der Waals surface area contributed by atoms with Gasteiger partial charge in [0, 0.05) is 18.0 Å². The van der Waals surface area contributed by atoms with E-state index >= 15 is 0 Å². The Kier molecular flexibility index (Phi) is 5.52. The van der Waals surface area contributed by atoms with E-state index in [9.17, 15) is 4.79 Å². The number of pyridine rings is 1. The fourth-order valence-electron chi connectivity index (χ4n) is 4.14. The third-order valence-corrected chi connectivity index (χ3v) is 5.81. The predicted molar refractivity (Wildman–Crippen MR) is 121 cm³/mol. The summed E-state index contributed by atoms with van der Waals surface area (Å²) < 4.78 is 4.17. The number of para-hydroxylation sites is 1. The van der Waals surface area contributed by atoms with Crippen LogP contribution in [0.3, 0.4) is 0 Å². The van der Waals surface area contributed by atoms with E-state index in [4.69, 9.17) is 4.98 Å². The predicted octanol–water partition coefficient (Wildman–Crippen LogP) is 5.46. The van der Waals surface area contributed by atoms with Gasteiger partial charge in [-0.15, -0.1) is 0 Å². The first kappa shape index (κ1) is 19.4. The maximum atomic E-state index is 12.9. The van der Waals surface area contributed by atoms with Gasteiger partial charge in [0.15, 0.2) is 0 Å². The number of hydrogen-bond donors (Lipinski definition) is 0. The highest BCUT2D eigenvalue weighted by Gasteiger charge is 2.14. The summed E-state index contributed by atoms with van der Waals surface area (Å²) in [6.45, 7) is 7.81. The van der Waals surface area contributed by atoms with Gasteiger partial charge in [0.25, 0.3) is 5.56 Å². The van der Waals surface area contributed by atoms with Gasteiger partial charge in [-0.1, -0.05) is 51.0 Å². The van der Waals surface area contributed by atoms with Crippen LogP contribution in [0.4, 0.5) is 0 Å². The van der Waals surface area contributed by atoms with E-state index in [0.717, 1.165) is 52.7 Å². The highest BCUT2D eigenvalue weighted by Crippen LogP contribution is 2.22. The molecule has 0 saturated heterocycles. The molecule has 2 heterocycles. The molecule has 4 aromatic rings. The average Bonchev–Trinajstić information content (AvgIpc) is 3.07. The van der Waals surface area contributed by atoms with Gasteiger partial charge in [-0.25, -0.2) is 4.98 Å². The quantitative estimate of drug-likeness (QED) is 0.395. The largest absolute Gasteiger partial charge is 0.326 e. The summed E-state index contributed by atoms with van der Waals surface area (Å²) in [5, 5.41) is 1.12. The van der Waals surface area contributed by atoms with Crippen LogP contribution in [-0.4, -0.2) is 14.1 Å². The molecule has 0 aliphatic heterocycles. The second-order valence-corrected chi connectivity index (χ2v) is 7.83. The summed E-state index contributed by atoms with van der Waals surface area (Å²) >= 11 is 0. The molecule has 4 nitrogen and oxygen atoms in total. The van der Waals surface area contributed by atoms with Crippen molar-refractivity contribution >= 4 is 21.9 Å². The molecule has 0 amide bonds. The molecule has 4 heteroatoms. The first-order valence-electron chi connectivity index (χ1n) is 10.7. The van der Waals surface area contributed by atoms with Crippen molar-refractivity contribution in [2.45, 2.75) is 59.5 Å². The van der Waals surface area contributed by atoms with Gasteiger partial charge in [-0.3, -0.25) is 4.79 Å². The molecule has 0 aliphatic rings. The summed E-state index contributed by atoms with van der Waals surface area (Å²) in [4.78, 5) is 17.8. The lowest BCUT2D eigenvalue weighted by Gasteiger charge is -2.14. The van der Waals surface area contributed by atoms with E-state index in [0.29, 0.717) is 6.54 Å². The first-order valence-corrected chi connectivity index (χ1v) is 10.7. The van der Waals surface area contributed by atoms with Gasteiger partial charge in [-0.2, -0.15) is 0 Å². The van der Waals surface area contributed by atoms with Crippen LogP contribution in [0.2, 0.25) is 0 Å². The van der Waals surface area contributed by atoms with Crippen molar-refractivity contribution in [1.82, 2.24) is 14.1 Å². The van der Waals surface area contributed by atoms with Crippen LogP contribution in [0.5, 0.6) is 0 Å². The Hall–Kier alpha value is -2.88. The molecule has 0 N–H and O–H groups in total. The number of rotatable bonds is 7. The maximum Gasteiger partial charge on any atom is 0.251 e. The SMILES string of the molecule is CCCCCn1c(Cn2c(=O)cc(C)c3ccccc32)nc2cc(CC)ccc21. The molecule has 2 aromatic heterocycles. The van der Waals surface area contributed by atoms with Crippen molar-refractivity contribution in [1.29, 1.82) is 0 Å². The monoisotopic (exact) mass is 387 g/mol. The number of benzene rings is 2. The molecule has 2 aromatic carbocycles. The Morgan fingerprint density at radius 1 is 0.931 bits per heavy atom. The van der Waals surface area contributed by atoms with Gasteiger partial charge in [0.05, 0.1) is 23.1 Å². The molecular formula is C25H29N3O. The van der Waals surface area contributed by atoms with Crippen LogP contribution in [0.1, 0.15) is 50.1 Å². The minimum absolute atomic E-state index is 0.0302. The van der Waals surface area contributed by atoms with Crippen LogP contribution in [0.25, 0.3) is 21.9 Å². The van der Waals surface area contributed by atoms with E-state index in [1.807, 2.05) is 29.7 Å². The van der Waals surface area contributed by atoms with Gasteiger partial charge in [-0.05, 0) is 49.1 Å². The van der Waals surface area contributed by atoms with Crippen molar-refractivity contribution in [3.05, 3.63) is 75.8 Å². The van der Waals surface area contributed by atoms with Crippen LogP contribution in [0.15, 0.2) is 53.3 Å². The van der Waals surface area contributed by atoms with Crippen molar-refractivity contribution < 1.29 is 0 Å². The summed E-state index contributed by atoms with van der Waals surface area (Å²) in [6, 6.07) is 16.4. The summed E-state index contributed by atoms with van der Waals surface area (Å²) in [6.07, 6.45) is 4.49. The molecule has 0 unspecified atom stereocenters. The lowest BCUT2D eigenvalue weighted by Crippen LogP contribution is -2.23. The Morgan fingerprint density at radius 2 is 1.76 bits per heavy atom. The molecule has 0 aliphatic carbocycles.